The van der Waals surface area contributed by atoms with E-state index in [-0.39, 0.29) is 5.91 Å². The predicted octanol–water partition coefficient (Wildman–Crippen LogP) is 1.16. The van der Waals surface area contributed by atoms with Gasteiger partial charge in [0.1, 0.15) is 0 Å². The second-order valence-electron chi connectivity index (χ2n) is 5.86. The Bertz CT molecular complexity index is 642. The number of carbonyl (C=O) groups excluding carboxylic acids is 1. The largest absolute Gasteiger partial charge is 0.348 e. The molecule has 5 heteroatoms. The molecular weight excluding hydrogens is 252 g/mol. The van der Waals surface area contributed by atoms with Crippen molar-refractivity contribution in [2.45, 2.75) is 18.9 Å². The van der Waals surface area contributed by atoms with Crippen LogP contribution < -0.4 is 5.32 Å². The predicted molar refractivity (Wildman–Crippen MR) is 75.6 cm³/mol. The van der Waals surface area contributed by atoms with E-state index >= 15 is 0 Å². The van der Waals surface area contributed by atoms with Gasteiger partial charge in [-0.2, -0.15) is 0 Å². The van der Waals surface area contributed by atoms with Crippen LogP contribution in [-0.2, 0) is 0 Å². The van der Waals surface area contributed by atoms with E-state index in [4.69, 9.17) is 0 Å². The number of hydrogen-bond donors (Lipinski definition) is 1. The molecule has 0 spiro atoms. The Kier molecular flexibility index (Phi) is 2.73. The van der Waals surface area contributed by atoms with E-state index < -0.39 is 0 Å². The summed E-state index contributed by atoms with van der Waals surface area (Å²) in [5.41, 5.74) is 1.70. The van der Waals surface area contributed by atoms with Crippen LogP contribution in [-0.4, -0.2) is 45.9 Å². The molecule has 2 aromatic rings. The molecule has 0 saturated carbocycles. The first-order valence-corrected chi connectivity index (χ1v) is 7.24. The second kappa shape index (κ2) is 4.59. The Labute approximate surface area is 117 Å². The van der Waals surface area contributed by atoms with Crippen molar-refractivity contribution in [3.8, 4) is 0 Å². The topological polar surface area (TPSA) is 49.6 Å². The lowest BCUT2D eigenvalue weighted by molar-refractivity contribution is 0.0620. The molecule has 0 aromatic carbocycles. The minimum atomic E-state index is 0.0272. The standard InChI is InChI=1S/C15H18N4O/c20-15(12-1-2-13-7-16-10-19(13)8-12)17-14-9-18-5-3-11(14)4-6-18/h1-2,7-8,10-11,14H,3-6,9H2,(H,17,20). The van der Waals surface area contributed by atoms with Gasteiger partial charge in [0, 0.05) is 18.8 Å². The van der Waals surface area contributed by atoms with Gasteiger partial charge < -0.3 is 14.6 Å². The third-order valence-corrected chi connectivity index (χ3v) is 4.64. The fourth-order valence-electron chi connectivity index (χ4n) is 3.43. The highest BCUT2D eigenvalue weighted by Gasteiger charge is 2.34. The summed E-state index contributed by atoms with van der Waals surface area (Å²) in [5.74, 6) is 0.681. The minimum Gasteiger partial charge on any atom is -0.348 e. The lowest BCUT2D eigenvalue weighted by atomic mass is 9.84. The van der Waals surface area contributed by atoms with Gasteiger partial charge in [-0.05, 0) is 44.0 Å². The summed E-state index contributed by atoms with van der Waals surface area (Å²) in [4.78, 5) is 18.9. The zero-order valence-electron chi connectivity index (χ0n) is 11.3. The maximum Gasteiger partial charge on any atom is 0.253 e. The molecule has 2 aromatic heterocycles. The number of pyridine rings is 1. The van der Waals surface area contributed by atoms with E-state index in [2.05, 4.69) is 15.2 Å². The maximum absolute atomic E-state index is 12.4. The maximum atomic E-state index is 12.4. The van der Waals surface area contributed by atoms with E-state index in [9.17, 15) is 4.79 Å². The first-order valence-electron chi connectivity index (χ1n) is 7.24. The number of aromatic nitrogens is 2. The van der Waals surface area contributed by atoms with Crippen molar-refractivity contribution in [3.05, 3.63) is 36.4 Å². The highest BCUT2D eigenvalue weighted by atomic mass is 16.1. The van der Waals surface area contributed by atoms with Crippen LogP contribution >= 0.6 is 0 Å². The molecule has 1 unspecified atom stereocenters. The van der Waals surface area contributed by atoms with Crippen LogP contribution in [0, 0.1) is 5.92 Å². The summed E-state index contributed by atoms with van der Waals surface area (Å²) in [6.07, 6.45) is 7.78. The van der Waals surface area contributed by atoms with Crippen molar-refractivity contribution in [3.63, 3.8) is 0 Å². The van der Waals surface area contributed by atoms with Gasteiger partial charge in [0.05, 0.1) is 23.6 Å². The minimum absolute atomic E-state index is 0.0272. The number of piperidine rings is 3. The van der Waals surface area contributed by atoms with E-state index in [1.165, 1.54) is 25.9 Å². The van der Waals surface area contributed by atoms with Crippen LogP contribution in [0.1, 0.15) is 23.2 Å². The molecule has 1 atom stereocenters. The summed E-state index contributed by atoms with van der Waals surface area (Å²) < 4.78 is 1.88. The van der Waals surface area contributed by atoms with Gasteiger partial charge in [0.2, 0.25) is 0 Å². The fraction of sp³-hybridized carbons (Fsp3) is 0.467. The average Bonchev–Trinajstić information content (AvgIpc) is 2.96. The van der Waals surface area contributed by atoms with Crippen molar-refractivity contribution in [1.29, 1.82) is 0 Å². The fourth-order valence-corrected chi connectivity index (χ4v) is 3.43. The molecule has 0 radical (unpaired) electrons. The first kappa shape index (κ1) is 11.9. The van der Waals surface area contributed by atoms with Crippen molar-refractivity contribution in [2.75, 3.05) is 19.6 Å². The molecule has 3 fully saturated rings. The van der Waals surface area contributed by atoms with Crippen LogP contribution in [0.5, 0.6) is 0 Å². The number of hydrogen-bond acceptors (Lipinski definition) is 3. The van der Waals surface area contributed by atoms with Gasteiger partial charge >= 0.3 is 0 Å². The summed E-state index contributed by atoms with van der Waals surface area (Å²) in [5, 5.41) is 3.21. The van der Waals surface area contributed by atoms with Crippen molar-refractivity contribution in [2.24, 2.45) is 5.92 Å². The Morgan fingerprint density at radius 3 is 2.90 bits per heavy atom. The molecule has 3 aliphatic rings. The van der Waals surface area contributed by atoms with Crippen LogP contribution in [0.4, 0.5) is 0 Å². The van der Waals surface area contributed by atoms with Crippen molar-refractivity contribution < 1.29 is 4.79 Å². The summed E-state index contributed by atoms with van der Waals surface area (Å²) in [6, 6.07) is 4.11. The molecule has 5 rings (SSSR count). The smallest absolute Gasteiger partial charge is 0.253 e. The Hall–Kier alpha value is -1.88. The molecule has 20 heavy (non-hydrogen) atoms. The number of imidazole rings is 1. The molecular formula is C15H18N4O. The van der Waals surface area contributed by atoms with Crippen LogP contribution in [0.15, 0.2) is 30.9 Å². The first-order chi connectivity index (χ1) is 9.79. The van der Waals surface area contributed by atoms with Gasteiger partial charge in [-0.15, -0.1) is 0 Å². The summed E-state index contributed by atoms with van der Waals surface area (Å²) >= 11 is 0. The summed E-state index contributed by atoms with van der Waals surface area (Å²) in [6.45, 7) is 3.39. The zero-order valence-corrected chi connectivity index (χ0v) is 11.3. The number of rotatable bonds is 2. The van der Waals surface area contributed by atoms with Crippen molar-refractivity contribution in [1.82, 2.24) is 19.6 Å². The van der Waals surface area contributed by atoms with E-state index in [1.807, 2.05) is 22.7 Å². The Balaban J connectivity index is 1.52. The number of amides is 1. The van der Waals surface area contributed by atoms with E-state index in [1.54, 1.807) is 12.5 Å². The lowest BCUT2D eigenvalue weighted by Gasteiger charge is -2.44. The molecule has 0 aliphatic carbocycles. The molecule has 5 nitrogen and oxygen atoms in total. The van der Waals surface area contributed by atoms with Crippen LogP contribution in [0.3, 0.4) is 0 Å². The van der Waals surface area contributed by atoms with Crippen molar-refractivity contribution >= 4 is 11.4 Å². The van der Waals surface area contributed by atoms with E-state index in [0.29, 0.717) is 17.5 Å². The zero-order chi connectivity index (χ0) is 13.5. The molecule has 104 valence electrons. The number of nitrogens with zero attached hydrogens (tertiary/aromatic N) is 3. The van der Waals surface area contributed by atoms with Crippen LogP contribution in [0.25, 0.3) is 5.52 Å². The SMILES string of the molecule is O=C(NC1CN2CCC1CC2)c1ccc2cncn2c1. The van der Waals surface area contributed by atoms with Gasteiger partial charge in [-0.1, -0.05) is 0 Å². The molecule has 3 aliphatic heterocycles. The van der Waals surface area contributed by atoms with Gasteiger partial charge in [0.15, 0.2) is 0 Å². The number of carbonyl (C=O) groups is 1. The second-order valence-corrected chi connectivity index (χ2v) is 5.86. The van der Waals surface area contributed by atoms with Gasteiger partial charge in [0.25, 0.3) is 5.91 Å². The molecule has 1 N–H and O–H groups in total. The highest BCUT2D eigenvalue weighted by Crippen LogP contribution is 2.27. The lowest BCUT2D eigenvalue weighted by Crippen LogP contribution is -2.57. The third-order valence-electron chi connectivity index (χ3n) is 4.64. The molecule has 1 amide bonds. The molecule has 2 bridgehead atoms. The summed E-state index contributed by atoms with van der Waals surface area (Å²) in [7, 11) is 0. The normalized spacial score (nSPS) is 28.7. The average molecular weight is 270 g/mol. The highest BCUT2D eigenvalue weighted by molar-refractivity contribution is 5.94. The monoisotopic (exact) mass is 270 g/mol. The number of nitrogens with one attached hydrogen (secondary N) is 1. The van der Waals surface area contributed by atoms with Gasteiger partial charge in [-0.3, -0.25) is 4.79 Å². The Morgan fingerprint density at radius 2 is 2.15 bits per heavy atom. The number of fused-ring (bicyclic) bond motifs is 4. The Morgan fingerprint density at radius 1 is 1.30 bits per heavy atom. The third kappa shape index (κ3) is 1.98. The molecule has 5 heterocycles. The quantitative estimate of drug-likeness (QED) is 0.891. The van der Waals surface area contributed by atoms with Gasteiger partial charge in [-0.25, -0.2) is 4.98 Å². The van der Waals surface area contributed by atoms with Crippen LogP contribution in [0.2, 0.25) is 0 Å². The molecule has 3 saturated heterocycles. The van der Waals surface area contributed by atoms with E-state index in [0.717, 1.165) is 12.1 Å².